The van der Waals surface area contributed by atoms with E-state index in [0.717, 1.165) is 0 Å². The molecule has 0 aliphatic rings. The zero-order chi connectivity index (χ0) is 21.2. The van der Waals surface area contributed by atoms with Crippen LogP contribution in [0.3, 0.4) is 0 Å². The van der Waals surface area contributed by atoms with Crippen molar-refractivity contribution in [3.8, 4) is 0 Å². The number of nitrogens with one attached hydrogen (secondary N) is 4. The molecule has 0 saturated heterocycles. The molecule has 0 aromatic rings. The minimum absolute atomic E-state index is 0.157. The lowest BCUT2D eigenvalue weighted by atomic mass is 10.2. The molecule has 0 rings (SSSR count). The maximum Gasteiger partial charge on any atom is 0.242 e. The van der Waals surface area contributed by atoms with Crippen molar-refractivity contribution < 1.29 is 29.0 Å². The predicted molar refractivity (Wildman–Crippen MR) is 101 cm³/mol. The maximum absolute atomic E-state index is 11.8. The van der Waals surface area contributed by atoms with Crippen LogP contribution in [-0.2, 0) is 23.9 Å². The molecule has 0 saturated carbocycles. The van der Waals surface area contributed by atoms with Crippen LogP contribution in [0.1, 0.15) is 47.5 Å². The van der Waals surface area contributed by atoms with E-state index >= 15 is 0 Å². The number of aliphatic hydroxyl groups is 1. The summed E-state index contributed by atoms with van der Waals surface area (Å²) >= 11 is 0. The Kier molecular flexibility index (Phi) is 17.2. The van der Waals surface area contributed by atoms with E-state index < -0.39 is 36.6 Å². The van der Waals surface area contributed by atoms with Gasteiger partial charge in [0.05, 0.1) is 13.2 Å². The molecule has 4 amide bonds. The smallest absolute Gasteiger partial charge is 0.242 e. The molecule has 0 radical (unpaired) electrons. The molecule has 158 valence electrons. The predicted octanol–water partition coefficient (Wildman–Crippen LogP) is -0.979. The molecule has 5 N–H and O–H groups in total. The number of carbonyl (C=O) groups excluding carboxylic acids is 4. The van der Waals surface area contributed by atoms with E-state index in [4.69, 9.17) is 5.11 Å². The summed E-state index contributed by atoms with van der Waals surface area (Å²) in [5.74, 6) is -1.72. The number of amides is 4. The topological polar surface area (TPSA) is 146 Å². The van der Waals surface area contributed by atoms with Crippen molar-refractivity contribution >= 4 is 23.6 Å². The molecule has 0 heterocycles. The third-order valence-electron chi connectivity index (χ3n) is 2.93. The van der Waals surface area contributed by atoms with Gasteiger partial charge in [-0.1, -0.05) is 27.2 Å². The summed E-state index contributed by atoms with van der Waals surface area (Å²) in [7, 11) is 0. The van der Waals surface area contributed by atoms with Crippen molar-refractivity contribution in [2.75, 3.05) is 26.5 Å². The maximum atomic E-state index is 11.8. The highest BCUT2D eigenvalue weighted by Gasteiger charge is 2.20. The van der Waals surface area contributed by atoms with Gasteiger partial charge in [-0.3, -0.25) is 19.2 Å². The zero-order valence-electron chi connectivity index (χ0n) is 16.9. The number of carbonyl (C=O) groups is 4. The molecule has 0 fully saturated rings. The minimum Gasteiger partial charge on any atom is -0.371 e. The van der Waals surface area contributed by atoms with Gasteiger partial charge < -0.3 is 31.1 Å². The molecule has 0 spiro atoms. The lowest BCUT2D eigenvalue weighted by molar-refractivity contribution is -0.132. The lowest BCUT2D eigenvalue weighted by Crippen LogP contribution is -2.52. The van der Waals surface area contributed by atoms with Crippen LogP contribution >= 0.6 is 0 Å². The van der Waals surface area contributed by atoms with Crippen molar-refractivity contribution in [2.24, 2.45) is 0 Å². The Balaban J connectivity index is 0. The number of aliphatic hydroxyl groups excluding tert-OH is 1. The van der Waals surface area contributed by atoms with Gasteiger partial charge in [0.25, 0.3) is 0 Å². The van der Waals surface area contributed by atoms with Gasteiger partial charge in [-0.2, -0.15) is 0 Å². The van der Waals surface area contributed by atoms with Crippen molar-refractivity contribution in [3.05, 3.63) is 0 Å². The summed E-state index contributed by atoms with van der Waals surface area (Å²) in [6.07, 6.45) is 1.51. The fraction of sp³-hybridized carbons (Fsp3) is 0.765. The second-order valence-corrected chi connectivity index (χ2v) is 5.69. The average Bonchev–Trinajstić information content (AvgIpc) is 2.63. The summed E-state index contributed by atoms with van der Waals surface area (Å²) in [5.41, 5.74) is 0. The van der Waals surface area contributed by atoms with Crippen molar-refractivity contribution in [1.29, 1.82) is 0 Å². The SMILES string of the molecule is CCC.CCC(=O)NC(C)C(=O)NC(C)C(=O)NCC(=O)NCCOCO. The van der Waals surface area contributed by atoms with Crippen LogP contribution in [-0.4, -0.2) is 67.3 Å². The molecule has 0 aliphatic carbocycles. The normalized spacial score (nSPS) is 11.9. The largest absolute Gasteiger partial charge is 0.371 e. The second-order valence-electron chi connectivity index (χ2n) is 5.69. The molecule has 10 nitrogen and oxygen atoms in total. The molecule has 0 aromatic heterocycles. The van der Waals surface area contributed by atoms with E-state index in [2.05, 4.69) is 39.9 Å². The summed E-state index contributed by atoms with van der Waals surface area (Å²) in [6, 6.07) is -1.62. The molecule has 10 heteroatoms. The Bertz CT molecular complexity index is 459. The minimum atomic E-state index is -0.857. The van der Waals surface area contributed by atoms with Gasteiger partial charge in [-0.05, 0) is 13.8 Å². The highest BCUT2D eigenvalue weighted by molar-refractivity contribution is 5.92. The van der Waals surface area contributed by atoms with Crippen LogP contribution in [0.5, 0.6) is 0 Å². The fourth-order valence-corrected chi connectivity index (χ4v) is 1.52. The van der Waals surface area contributed by atoms with Gasteiger partial charge in [-0.25, -0.2) is 0 Å². The van der Waals surface area contributed by atoms with E-state index in [1.165, 1.54) is 20.3 Å². The summed E-state index contributed by atoms with van der Waals surface area (Å²) in [4.78, 5) is 46.3. The number of hydrogen-bond acceptors (Lipinski definition) is 6. The molecule has 2 unspecified atom stereocenters. The lowest BCUT2D eigenvalue weighted by Gasteiger charge is -2.18. The van der Waals surface area contributed by atoms with Gasteiger partial charge in [0.15, 0.2) is 0 Å². The molecule has 0 bridgehead atoms. The quantitative estimate of drug-likeness (QED) is 0.226. The number of hydrogen-bond donors (Lipinski definition) is 5. The standard InChI is InChI=1S/C14H26N4O6.C3H8/c1-4-11(20)17-10(3)14(23)18-9(2)13(22)16-7-12(21)15-5-6-24-8-19;1-3-2/h9-10,19H,4-8H2,1-3H3,(H,15,21)(H,16,22)(H,17,20)(H,18,23);3H2,1-2H3. The molecule has 0 aliphatic heterocycles. The average molecular weight is 390 g/mol. The first-order chi connectivity index (χ1) is 12.7. The Morgan fingerprint density at radius 3 is 1.96 bits per heavy atom. The first-order valence-corrected chi connectivity index (χ1v) is 9.06. The second kappa shape index (κ2) is 17.2. The van der Waals surface area contributed by atoms with Crippen LogP contribution in [0.15, 0.2) is 0 Å². The first kappa shape index (κ1) is 27.0. The third kappa shape index (κ3) is 15.7. The zero-order valence-corrected chi connectivity index (χ0v) is 16.9. The van der Waals surface area contributed by atoms with E-state index in [1.807, 2.05) is 0 Å². The van der Waals surface area contributed by atoms with E-state index in [9.17, 15) is 19.2 Å². The summed E-state index contributed by atoms with van der Waals surface area (Å²) < 4.78 is 4.63. The van der Waals surface area contributed by atoms with Gasteiger partial charge in [0.1, 0.15) is 18.9 Å². The molecule has 2 atom stereocenters. The third-order valence-corrected chi connectivity index (χ3v) is 2.93. The Morgan fingerprint density at radius 1 is 0.889 bits per heavy atom. The van der Waals surface area contributed by atoms with E-state index in [0.29, 0.717) is 0 Å². The van der Waals surface area contributed by atoms with Crippen LogP contribution in [0.4, 0.5) is 0 Å². The van der Waals surface area contributed by atoms with E-state index in [1.54, 1.807) is 6.92 Å². The Morgan fingerprint density at radius 2 is 1.44 bits per heavy atom. The van der Waals surface area contributed by atoms with Crippen molar-refractivity contribution in [2.45, 2.75) is 59.5 Å². The van der Waals surface area contributed by atoms with Gasteiger partial charge >= 0.3 is 0 Å². The summed E-state index contributed by atoms with van der Waals surface area (Å²) in [6.45, 7) is 8.57. The number of rotatable bonds is 11. The van der Waals surface area contributed by atoms with Crippen LogP contribution in [0, 0.1) is 0 Å². The monoisotopic (exact) mass is 390 g/mol. The Labute approximate surface area is 160 Å². The molecule has 27 heavy (non-hydrogen) atoms. The molecule has 0 aromatic carbocycles. The highest BCUT2D eigenvalue weighted by atomic mass is 16.6. The Hall–Kier alpha value is -2.20. The number of ether oxygens (including phenoxy) is 1. The van der Waals surface area contributed by atoms with Crippen LogP contribution in [0.2, 0.25) is 0 Å². The highest BCUT2D eigenvalue weighted by Crippen LogP contribution is 1.89. The van der Waals surface area contributed by atoms with Gasteiger partial charge in [0, 0.05) is 13.0 Å². The summed E-state index contributed by atoms with van der Waals surface area (Å²) in [5, 5.41) is 18.2. The fourth-order valence-electron chi connectivity index (χ4n) is 1.52. The van der Waals surface area contributed by atoms with E-state index in [-0.39, 0.29) is 32.0 Å². The van der Waals surface area contributed by atoms with Crippen LogP contribution < -0.4 is 21.3 Å². The van der Waals surface area contributed by atoms with Gasteiger partial charge in [-0.15, -0.1) is 0 Å². The van der Waals surface area contributed by atoms with Crippen molar-refractivity contribution in [3.63, 3.8) is 0 Å². The van der Waals surface area contributed by atoms with Gasteiger partial charge in [0.2, 0.25) is 23.6 Å². The molecular formula is C17H34N4O6. The molecular weight excluding hydrogens is 356 g/mol. The van der Waals surface area contributed by atoms with Crippen LogP contribution in [0.25, 0.3) is 0 Å². The first-order valence-electron chi connectivity index (χ1n) is 9.06. The van der Waals surface area contributed by atoms with Crippen molar-refractivity contribution in [1.82, 2.24) is 21.3 Å².